The van der Waals surface area contributed by atoms with Gasteiger partial charge in [-0.15, -0.1) is 0 Å². The van der Waals surface area contributed by atoms with Gasteiger partial charge in [-0.05, 0) is 60.4 Å². The first-order valence-electron chi connectivity index (χ1n) is 10.3. The van der Waals surface area contributed by atoms with E-state index in [1.807, 2.05) is 0 Å². The molecule has 2 aromatic carbocycles. The van der Waals surface area contributed by atoms with Crippen molar-refractivity contribution in [3.63, 3.8) is 0 Å². The monoisotopic (exact) mass is 466 g/mol. The number of aliphatic hydroxyl groups is 1. The zero-order valence-electron chi connectivity index (χ0n) is 18.4. The normalized spacial score (nSPS) is 13.3. The number of ether oxygens (including phenoxy) is 1. The van der Waals surface area contributed by atoms with E-state index in [1.165, 1.54) is 30.3 Å². The summed E-state index contributed by atoms with van der Waals surface area (Å²) in [5.74, 6) is -1.90. The minimum Gasteiger partial charge on any atom is -0.512 e. The molecule has 0 heterocycles. The minimum absolute atomic E-state index is 0.0507. The Morgan fingerprint density at radius 2 is 1.88 bits per heavy atom. The molecule has 0 saturated carbocycles. The van der Waals surface area contributed by atoms with Gasteiger partial charge in [0.05, 0.1) is 17.9 Å². The summed E-state index contributed by atoms with van der Waals surface area (Å²) in [5, 5.41) is 20.1. The first-order chi connectivity index (χ1) is 15.4. The van der Waals surface area contributed by atoms with E-state index in [1.54, 1.807) is 26.0 Å². The third kappa shape index (κ3) is 7.37. The molecular formula is C25H26F4O4. The summed E-state index contributed by atoms with van der Waals surface area (Å²) in [4.78, 5) is 11.4. The van der Waals surface area contributed by atoms with Crippen LogP contribution >= 0.6 is 0 Å². The number of alkyl halides is 3. The average molecular weight is 466 g/mol. The number of aromatic carboxylic acids is 1. The Morgan fingerprint density at radius 1 is 1.18 bits per heavy atom. The van der Waals surface area contributed by atoms with Crippen molar-refractivity contribution in [2.75, 3.05) is 6.61 Å². The van der Waals surface area contributed by atoms with E-state index in [4.69, 9.17) is 4.74 Å². The lowest BCUT2D eigenvalue weighted by atomic mass is 9.88. The number of carboxylic acid groups (broad SMARTS) is 1. The molecule has 2 aromatic rings. The largest absolute Gasteiger partial charge is 0.512 e. The molecule has 0 radical (unpaired) electrons. The number of allylic oxidation sites excluding steroid dienone is 2. The Morgan fingerprint density at radius 3 is 2.48 bits per heavy atom. The smallest absolute Gasteiger partial charge is 0.389 e. The Kier molecular flexibility index (Phi) is 8.68. The van der Waals surface area contributed by atoms with Crippen LogP contribution < -0.4 is 4.74 Å². The number of carbonyl (C=O) groups is 1. The molecule has 4 nitrogen and oxygen atoms in total. The maximum Gasteiger partial charge on any atom is 0.389 e. The third-order valence-corrected chi connectivity index (χ3v) is 5.37. The van der Waals surface area contributed by atoms with Crippen molar-refractivity contribution in [1.29, 1.82) is 0 Å². The number of halogens is 4. The van der Waals surface area contributed by atoms with Crippen LogP contribution in [0.2, 0.25) is 0 Å². The predicted octanol–water partition coefficient (Wildman–Crippen LogP) is 7.07. The maximum atomic E-state index is 13.8. The lowest BCUT2D eigenvalue weighted by Gasteiger charge is -2.19. The molecule has 2 N–H and O–H groups in total. The van der Waals surface area contributed by atoms with Gasteiger partial charge in [-0.25, -0.2) is 9.18 Å². The van der Waals surface area contributed by atoms with Crippen molar-refractivity contribution in [2.24, 2.45) is 0 Å². The van der Waals surface area contributed by atoms with Gasteiger partial charge in [0.2, 0.25) is 0 Å². The highest BCUT2D eigenvalue weighted by atomic mass is 19.4. The maximum absolute atomic E-state index is 13.8. The van der Waals surface area contributed by atoms with Crippen LogP contribution in [0.1, 0.15) is 59.7 Å². The first-order valence-corrected chi connectivity index (χ1v) is 10.3. The Hall–Kier alpha value is -3.29. The van der Waals surface area contributed by atoms with E-state index in [9.17, 15) is 32.6 Å². The fourth-order valence-corrected chi connectivity index (χ4v) is 3.36. The number of benzene rings is 2. The average Bonchev–Trinajstić information content (AvgIpc) is 2.75. The van der Waals surface area contributed by atoms with Crippen LogP contribution in [0, 0.1) is 5.82 Å². The number of hydrogen-bond donors (Lipinski definition) is 2. The highest BCUT2D eigenvalue weighted by molar-refractivity contribution is 5.88. The number of carboxylic acids is 1. The zero-order valence-corrected chi connectivity index (χ0v) is 18.4. The summed E-state index contributed by atoms with van der Waals surface area (Å²) >= 11 is 0. The number of hydrogen-bond acceptors (Lipinski definition) is 3. The molecule has 1 atom stereocenters. The molecule has 0 aliphatic carbocycles. The summed E-state index contributed by atoms with van der Waals surface area (Å²) < 4.78 is 56.4. The summed E-state index contributed by atoms with van der Waals surface area (Å²) in [6.45, 7) is 6.96. The molecule has 0 aromatic heterocycles. The topological polar surface area (TPSA) is 66.8 Å². The van der Waals surface area contributed by atoms with Crippen molar-refractivity contribution in [3.05, 3.63) is 82.4 Å². The van der Waals surface area contributed by atoms with Gasteiger partial charge in [0.25, 0.3) is 0 Å². The zero-order chi connectivity index (χ0) is 24.8. The second-order valence-corrected chi connectivity index (χ2v) is 7.70. The molecule has 0 aliphatic heterocycles. The summed E-state index contributed by atoms with van der Waals surface area (Å²) in [6.07, 6.45) is -4.08. The molecule has 8 heteroatoms. The van der Waals surface area contributed by atoms with Gasteiger partial charge >= 0.3 is 12.1 Å². The van der Waals surface area contributed by atoms with Crippen LogP contribution in [0.15, 0.2) is 54.3 Å². The fraction of sp³-hybridized carbons (Fsp3) is 0.320. The van der Waals surface area contributed by atoms with Crippen molar-refractivity contribution in [2.45, 2.75) is 45.2 Å². The molecule has 0 fully saturated rings. The Bertz CT molecular complexity index is 1040. The van der Waals surface area contributed by atoms with Crippen LogP contribution in [-0.2, 0) is 6.42 Å². The molecular weight excluding hydrogens is 440 g/mol. The van der Waals surface area contributed by atoms with E-state index in [0.29, 0.717) is 22.3 Å². The molecule has 0 bridgehead atoms. The molecule has 0 saturated heterocycles. The SMILES string of the molecule is C=Cc1ccc(F)cc1C(C)C(C)=C(O)Cc1cc(C(=O)O)ccc1OCCCC(F)(F)F. The van der Waals surface area contributed by atoms with E-state index in [0.717, 1.165) is 0 Å². The van der Waals surface area contributed by atoms with E-state index in [-0.39, 0.29) is 42.4 Å². The molecule has 33 heavy (non-hydrogen) atoms. The van der Waals surface area contributed by atoms with Crippen molar-refractivity contribution < 1.29 is 37.3 Å². The van der Waals surface area contributed by atoms with E-state index >= 15 is 0 Å². The highest BCUT2D eigenvalue weighted by Gasteiger charge is 2.26. The molecule has 1 unspecified atom stereocenters. The molecule has 0 spiro atoms. The lowest BCUT2D eigenvalue weighted by Crippen LogP contribution is -2.11. The molecule has 0 aliphatic rings. The van der Waals surface area contributed by atoms with Crippen molar-refractivity contribution in [3.8, 4) is 5.75 Å². The van der Waals surface area contributed by atoms with Crippen LogP contribution in [0.5, 0.6) is 5.75 Å². The molecule has 0 amide bonds. The summed E-state index contributed by atoms with van der Waals surface area (Å²) in [6, 6.07) is 8.21. The summed E-state index contributed by atoms with van der Waals surface area (Å²) in [5.41, 5.74) is 2.11. The quantitative estimate of drug-likeness (QED) is 0.223. The van der Waals surface area contributed by atoms with Crippen molar-refractivity contribution >= 4 is 12.0 Å². The van der Waals surface area contributed by atoms with Gasteiger partial charge in [0, 0.05) is 24.3 Å². The lowest BCUT2D eigenvalue weighted by molar-refractivity contribution is -0.136. The Labute approximate surface area is 189 Å². The van der Waals surface area contributed by atoms with E-state index < -0.39 is 24.4 Å². The van der Waals surface area contributed by atoms with Crippen LogP contribution in [0.4, 0.5) is 17.6 Å². The Balaban J connectivity index is 2.31. The standard InChI is InChI=1S/C25H26F4O4/c1-4-17-6-8-20(26)14-21(17)15(2)16(3)22(30)13-19-12-18(24(31)32)7-9-23(19)33-11-5-10-25(27,28)29/h4,6-9,12,14-15,30H,1,5,10-11,13H2,2-3H3,(H,31,32). The van der Waals surface area contributed by atoms with Gasteiger partial charge in [0.15, 0.2) is 0 Å². The van der Waals surface area contributed by atoms with Gasteiger partial charge in [-0.3, -0.25) is 0 Å². The number of aliphatic hydroxyl groups excluding tert-OH is 1. The van der Waals surface area contributed by atoms with Gasteiger partial charge in [-0.2, -0.15) is 13.2 Å². The highest BCUT2D eigenvalue weighted by Crippen LogP contribution is 2.32. The van der Waals surface area contributed by atoms with E-state index in [2.05, 4.69) is 6.58 Å². The van der Waals surface area contributed by atoms with Crippen molar-refractivity contribution in [1.82, 2.24) is 0 Å². The second-order valence-electron chi connectivity index (χ2n) is 7.70. The van der Waals surface area contributed by atoms with Crippen LogP contribution in [-0.4, -0.2) is 29.0 Å². The molecule has 2 rings (SSSR count). The number of rotatable bonds is 10. The molecule has 178 valence electrons. The fourth-order valence-electron chi connectivity index (χ4n) is 3.36. The van der Waals surface area contributed by atoms with Crippen LogP contribution in [0.3, 0.4) is 0 Å². The van der Waals surface area contributed by atoms with Gasteiger partial charge in [0.1, 0.15) is 11.6 Å². The minimum atomic E-state index is -4.30. The van der Waals surface area contributed by atoms with Crippen LogP contribution in [0.25, 0.3) is 6.08 Å². The first kappa shape index (κ1) is 26.0. The summed E-state index contributed by atoms with van der Waals surface area (Å²) in [7, 11) is 0. The van der Waals surface area contributed by atoms with Gasteiger partial charge in [-0.1, -0.05) is 25.6 Å². The third-order valence-electron chi connectivity index (χ3n) is 5.37. The predicted molar refractivity (Wildman–Crippen MR) is 118 cm³/mol. The second kappa shape index (κ2) is 11.0. The van der Waals surface area contributed by atoms with Gasteiger partial charge < -0.3 is 14.9 Å².